The Bertz CT molecular complexity index is 1770. The molecular weight excluding hydrogens is 605 g/mol. The summed E-state index contributed by atoms with van der Waals surface area (Å²) in [4.78, 5) is 25.6. The summed E-state index contributed by atoms with van der Waals surface area (Å²) in [6.45, 7) is 7.96. The summed E-state index contributed by atoms with van der Waals surface area (Å²) in [6.07, 6.45) is 0.467. The lowest BCUT2D eigenvalue weighted by Crippen LogP contribution is -2.56. The fourth-order valence-electron chi connectivity index (χ4n) is 5.42. The topological polar surface area (TPSA) is 139 Å². The molecule has 0 spiro atoms. The van der Waals surface area contributed by atoms with Crippen molar-refractivity contribution in [2.24, 2.45) is 0 Å². The number of hydrogen-bond donors (Lipinski definition) is 1. The zero-order valence-corrected chi connectivity index (χ0v) is 26.7. The normalized spacial score (nSPS) is 15.6. The Morgan fingerprint density at radius 1 is 1.20 bits per heavy atom. The van der Waals surface area contributed by atoms with Crippen LogP contribution < -0.4 is 9.64 Å². The Morgan fingerprint density at radius 3 is 2.64 bits per heavy atom. The number of piperazine rings is 1. The summed E-state index contributed by atoms with van der Waals surface area (Å²) in [5, 5.41) is 17.9. The van der Waals surface area contributed by atoms with Crippen molar-refractivity contribution in [3.63, 3.8) is 0 Å². The van der Waals surface area contributed by atoms with Crippen LogP contribution in [-0.2, 0) is 14.2 Å². The molecule has 1 N–H and O–H groups in total. The number of carbonyl (C=O) groups excluding carboxylic acids is 1. The van der Waals surface area contributed by atoms with Gasteiger partial charge in [-0.15, -0.1) is 0 Å². The van der Waals surface area contributed by atoms with Gasteiger partial charge in [0.15, 0.2) is 12.1 Å². The second-order valence-corrected chi connectivity index (χ2v) is 12.1. The molecular formula is C31H35ClFN7O5. The minimum atomic E-state index is -0.711. The van der Waals surface area contributed by atoms with Gasteiger partial charge in [0.05, 0.1) is 35.3 Å². The quantitative estimate of drug-likeness (QED) is 0.242. The molecule has 1 aliphatic heterocycles. The third-order valence-electron chi connectivity index (χ3n) is 7.54. The lowest BCUT2D eigenvalue weighted by atomic mass is 9.95. The van der Waals surface area contributed by atoms with Gasteiger partial charge in [0.25, 0.3) is 0 Å². The van der Waals surface area contributed by atoms with E-state index in [2.05, 4.69) is 26.2 Å². The molecule has 4 aromatic rings. The Hall–Kier alpha value is -4.25. The van der Waals surface area contributed by atoms with Crippen molar-refractivity contribution in [3.05, 3.63) is 40.8 Å². The molecule has 1 atom stereocenters. The van der Waals surface area contributed by atoms with Crippen molar-refractivity contribution in [1.29, 1.82) is 5.26 Å². The molecule has 3 heterocycles. The van der Waals surface area contributed by atoms with Gasteiger partial charge in [0.1, 0.15) is 23.5 Å². The number of nitriles is 1. The average Bonchev–Trinajstić information content (AvgIpc) is 3.47. The van der Waals surface area contributed by atoms with E-state index in [4.69, 9.17) is 30.5 Å². The molecule has 0 radical (unpaired) electrons. The lowest BCUT2D eigenvalue weighted by molar-refractivity contribution is -0.123. The van der Waals surface area contributed by atoms with Gasteiger partial charge < -0.3 is 28.7 Å². The number of fused-ring (bicyclic) bond motifs is 2. The number of hydrogen-bond acceptors (Lipinski definition) is 10. The van der Waals surface area contributed by atoms with Crippen LogP contribution in [0, 0.1) is 24.1 Å². The second kappa shape index (κ2) is 13.0. The fraction of sp³-hybridized carbons (Fsp3) is 0.452. The highest BCUT2D eigenvalue weighted by molar-refractivity contribution is 6.35. The third-order valence-corrected chi connectivity index (χ3v) is 7.83. The van der Waals surface area contributed by atoms with Crippen LogP contribution in [0.25, 0.3) is 32.9 Å². The monoisotopic (exact) mass is 639 g/mol. The number of ether oxygens (including phenoxy) is 4. The van der Waals surface area contributed by atoms with Crippen LogP contribution in [0.4, 0.5) is 15.0 Å². The SMILES string of the molecule is COC(COc1nc(N2CCN(C(=O)OC(C)(C)C)[C@@H](CC#N)C2)c2cc(Cl)c(-c3c(C)ccc4[nH]ncc34)c(F)c2n1)OC. The van der Waals surface area contributed by atoms with Gasteiger partial charge in [0, 0.05) is 55.8 Å². The van der Waals surface area contributed by atoms with Crippen molar-refractivity contribution in [2.45, 2.75) is 52.0 Å². The first-order valence-electron chi connectivity index (χ1n) is 14.4. The number of benzene rings is 2. The van der Waals surface area contributed by atoms with E-state index >= 15 is 4.39 Å². The molecule has 1 amide bonds. The molecule has 1 fully saturated rings. The van der Waals surface area contributed by atoms with Gasteiger partial charge >= 0.3 is 12.1 Å². The summed E-state index contributed by atoms with van der Waals surface area (Å²) >= 11 is 6.86. The van der Waals surface area contributed by atoms with Gasteiger partial charge in [-0.2, -0.15) is 20.3 Å². The van der Waals surface area contributed by atoms with Gasteiger partial charge in [-0.3, -0.25) is 5.10 Å². The van der Waals surface area contributed by atoms with E-state index in [-0.39, 0.29) is 48.2 Å². The van der Waals surface area contributed by atoms with Crippen molar-refractivity contribution in [1.82, 2.24) is 25.1 Å². The molecule has 12 nitrogen and oxygen atoms in total. The van der Waals surface area contributed by atoms with Gasteiger partial charge in [0.2, 0.25) is 0 Å². The van der Waals surface area contributed by atoms with Crippen molar-refractivity contribution < 1.29 is 28.1 Å². The highest BCUT2D eigenvalue weighted by Crippen LogP contribution is 2.42. The zero-order valence-electron chi connectivity index (χ0n) is 26.0. The summed E-state index contributed by atoms with van der Waals surface area (Å²) in [5.74, 6) is -0.308. The van der Waals surface area contributed by atoms with Crippen LogP contribution >= 0.6 is 11.6 Å². The molecule has 0 aliphatic carbocycles. The smallest absolute Gasteiger partial charge is 0.410 e. The first kappa shape index (κ1) is 32.2. The number of nitrogens with zero attached hydrogens (tertiary/aromatic N) is 6. The number of aromatic nitrogens is 4. The van der Waals surface area contributed by atoms with E-state index in [1.165, 1.54) is 14.2 Å². The molecule has 5 rings (SSSR count). The number of halogens is 2. The molecule has 238 valence electrons. The van der Waals surface area contributed by atoms with E-state index in [1.54, 1.807) is 37.9 Å². The number of anilines is 1. The Balaban J connectivity index is 1.63. The molecule has 1 aliphatic rings. The summed E-state index contributed by atoms with van der Waals surface area (Å²) in [6, 6.07) is 6.92. The number of aryl methyl sites for hydroxylation is 1. The maximum absolute atomic E-state index is 16.8. The van der Waals surface area contributed by atoms with E-state index in [0.29, 0.717) is 28.7 Å². The molecule has 1 saturated heterocycles. The number of amides is 1. The minimum absolute atomic E-state index is 0.00733. The number of methoxy groups -OCH3 is 2. The fourth-order valence-corrected chi connectivity index (χ4v) is 5.70. The molecule has 0 unspecified atom stereocenters. The zero-order chi connectivity index (χ0) is 32.5. The van der Waals surface area contributed by atoms with Gasteiger partial charge in [-0.1, -0.05) is 17.7 Å². The van der Waals surface area contributed by atoms with Crippen molar-refractivity contribution >= 4 is 45.3 Å². The number of rotatable bonds is 8. The van der Waals surface area contributed by atoms with Gasteiger partial charge in [-0.25, -0.2) is 9.18 Å². The molecule has 45 heavy (non-hydrogen) atoms. The minimum Gasteiger partial charge on any atom is -0.458 e. The van der Waals surface area contributed by atoms with E-state index in [9.17, 15) is 10.1 Å². The van der Waals surface area contributed by atoms with E-state index in [1.807, 2.05) is 24.0 Å². The molecule has 0 saturated carbocycles. The number of H-pyrrole nitrogens is 1. The van der Waals surface area contributed by atoms with Crippen LogP contribution in [0.3, 0.4) is 0 Å². The molecule has 14 heteroatoms. The van der Waals surface area contributed by atoms with Crippen LogP contribution in [0.2, 0.25) is 5.02 Å². The molecule has 0 bridgehead atoms. The number of aromatic amines is 1. The predicted octanol–water partition coefficient (Wildman–Crippen LogP) is 5.61. The van der Waals surface area contributed by atoms with Gasteiger partial charge in [-0.05, 0) is 45.4 Å². The molecule has 2 aromatic heterocycles. The van der Waals surface area contributed by atoms with Crippen LogP contribution in [-0.4, -0.2) is 89.6 Å². The highest BCUT2D eigenvalue weighted by atomic mass is 35.5. The van der Waals surface area contributed by atoms with Crippen LogP contribution in [0.15, 0.2) is 24.4 Å². The maximum Gasteiger partial charge on any atom is 0.410 e. The summed E-state index contributed by atoms with van der Waals surface area (Å²) < 4.78 is 38.7. The standard InChI is InChI=1S/C31H35ClFN7O5/c1-17-7-8-22-20(14-35-38-22)24(17)25-21(32)13-19-27(26(25)33)36-29(44-16-23(42-5)43-6)37-28(19)39-11-12-40(18(15-39)9-10-34)30(41)45-31(2,3)4/h7-8,13-14,18,23H,9,11-12,15-16H2,1-6H3,(H,35,38)/t18-/m0/s1. The molecule has 2 aromatic carbocycles. The first-order valence-corrected chi connectivity index (χ1v) is 14.8. The third kappa shape index (κ3) is 6.58. The van der Waals surface area contributed by atoms with Crippen molar-refractivity contribution in [3.8, 4) is 23.2 Å². The second-order valence-electron chi connectivity index (χ2n) is 11.7. The number of carbonyl (C=O) groups is 1. The van der Waals surface area contributed by atoms with E-state index < -0.39 is 29.8 Å². The maximum atomic E-state index is 16.8. The van der Waals surface area contributed by atoms with Crippen LogP contribution in [0.1, 0.15) is 32.8 Å². The summed E-state index contributed by atoms with van der Waals surface area (Å²) in [7, 11) is 2.94. The Morgan fingerprint density at radius 2 is 1.96 bits per heavy atom. The average molecular weight is 640 g/mol. The Labute approximate surface area is 265 Å². The van der Waals surface area contributed by atoms with E-state index in [0.717, 1.165) is 11.1 Å². The van der Waals surface area contributed by atoms with Crippen LogP contribution in [0.5, 0.6) is 6.01 Å². The highest BCUT2D eigenvalue weighted by Gasteiger charge is 2.35. The lowest BCUT2D eigenvalue weighted by Gasteiger charge is -2.41. The first-order chi connectivity index (χ1) is 21.4. The van der Waals surface area contributed by atoms with Crippen molar-refractivity contribution in [2.75, 3.05) is 45.4 Å². The largest absolute Gasteiger partial charge is 0.458 e. The summed E-state index contributed by atoms with van der Waals surface area (Å²) in [5.41, 5.74) is 1.59. The predicted molar refractivity (Wildman–Crippen MR) is 167 cm³/mol. The number of nitrogens with one attached hydrogen (secondary N) is 1. The Kier molecular flexibility index (Phi) is 9.29.